The maximum absolute atomic E-state index is 12.3. The molecule has 0 aliphatic heterocycles. The van der Waals surface area contributed by atoms with E-state index in [2.05, 4.69) is 26.2 Å². The summed E-state index contributed by atoms with van der Waals surface area (Å²) in [4.78, 5) is 20.0. The van der Waals surface area contributed by atoms with Crippen molar-refractivity contribution in [1.29, 1.82) is 0 Å². The number of H-pyrrole nitrogens is 2. The van der Waals surface area contributed by atoms with Gasteiger partial charge in [-0.05, 0) is 24.6 Å². The molecule has 26 heavy (non-hydrogen) atoms. The number of nitrogens with one attached hydrogen (secondary N) is 2. The number of pyridine rings is 1. The van der Waals surface area contributed by atoms with Gasteiger partial charge in [-0.25, -0.2) is 9.78 Å². The lowest BCUT2D eigenvalue weighted by Crippen LogP contribution is -2.11. The summed E-state index contributed by atoms with van der Waals surface area (Å²) < 4.78 is 10.5. The van der Waals surface area contributed by atoms with Crippen LogP contribution in [0.25, 0.3) is 32.9 Å². The minimum Gasteiger partial charge on any atom is -0.461 e. The summed E-state index contributed by atoms with van der Waals surface area (Å²) in [5, 5.41) is 8.76. The molecule has 0 bridgehead atoms. The van der Waals surface area contributed by atoms with Gasteiger partial charge in [-0.2, -0.15) is 5.10 Å². The van der Waals surface area contributed by atoms with Gasteiger partial charge in [0, 0.05) is 40.7 Å². The predicted octanol–water partition coefficient (Wildman–Crippen LogP) is 3.43. The third-order valence-corrected chi connectivity index (χ3v) is 4.33. The van der Waals surface area contributed by atoms with Crippen LogP contribution in [0.3, 0.4) is 0 Å². The normalized spacial score (nSPS) is 11.3. The number of rotatable bonds is 5. The molecule has 0 saturated heterocycles. The number of aromatic amines is 2. The molecule has 0 saturated carbocycles. The van der Waals surface area contributed by atoms with Crippen LogP contribution in [0.15, 0.2) is 36.8 Å². The monoisotopic (exact) mass is 350 g/mol. The van der Waals surface area contributed by atoms with Crippen molar-refractivity contribution in [2.45, 2.75) is 13.5 Å². The molecule has 0 aliphatic rings. The van der Waals surface area contributed by atoms with Crippen LogP contribution in [0.2, 0.25) is 0 Å². The average molecular weight is 350 g/mol. The van der Waals surface area contributed by atoms with Crippen LogP contribution < -0.4 is 0 Å². The van der Waals surface area contributed by atoms with Crippen LogP contribution in [0, 0.1) is 0 Å². The van der Waals surface area contributed by atoms with Gasteiger partial charge in [-0.3, -0.25) is 5.10 Å². The summed E-state index contributed by atoms with van der Waals surface area (Å²) in [6, 6.07) is 6.11. The summed E-state index contributed by atoms with van der Waals surface area (Å²) in [6.45, 7) is 2.33. The molecule has 7 nitrogen and oxygen atoms in total. The Morgan fingerprint density at radius 2 is 2.08 bits per heavy atom. The SMILES string of the molecule is CCOC(=O)c1ncc2[nH]c3ccc(-c4cn[nH]c4)cc3c2c1COC. The smallest absolute Gasteiger partial charge is 0.357 e. The Labute approximate surface area is 149 Å². The lowest BCUT2D eigenvalue weighted by molar-refractivity contribution is 0.0514. The Balaban J connectivity index is 1.99. The first-order valence-corrected chi connectivity index (χ1v) is 8.31. The standard InChI is InChI=1S/C19H18N4O3/c1-3-26-19(24)18-14(10-25-2)17-13-6-11(12-7-21-22-8-12)4-5-15(13)23-16(17)9-20-18/h4-9,23H,3,10H2,1-2H3,(H,21,22). The maximum Gasteiger partial charge on any atom is 0.357 e. The van der Waals surface area contributed by atoms with Crippen LogP contribution in [-0.4, -0.2) is 39.9 Å². The van der Waals surface area contributed by atoms with Gasteiger partial charge >= 0.3 is 5.97 Å². The first-order valence-electron chi connectivity index (χ1n) is 8.31. The predicted molar refractivity (Wildman–Crippen MR) is 97.9 cm³/mol. The number of fused-ring (bicyclic) bond motifs is 3. The molecule has 0 unspecified atom stereocenters. The second kappa shape index (κ2) is 6.61. The van der Waals surface area contributed by atoms with Crippen LogP contribution in [0.1, 0.15) is 23.0 Å². The summed E-state index contributed by atoms with van der Waals surface area (Å²) in [5.41, 5.74) is 4.85. The number of esters is 1. The Morgan fingerprint density at radius 3 is 2.81 bits per heavy atom. The topological polar surface area (TPSA) is 92.9 Å². The molecule has 4 rings (SSSR count). The molecule has 0 fully saturated rings. The van der Waals surface area contributed by atoms with Crippen molar-refractivity contribution >= 4 is 27.8 Å². The highest BCUT2D eigenvalue weighted by Crippen LogP contribution is 2.33. The van der Waals surface area contributed by atoms with E-state index >= 15 is 0 Å². The number of ether oxygens (including phenoxy) is 2. The van der Waals surface area contributed by atoms with E-state index in [1.54, 1.807) is 26.4 Å². The van der Waals surface area contributed by atoms with Crippen molar-refractivity contribution in [3.8, 4) is 11.1 Å². The van der Waals surface area contributed by atoms with Crippen molar-refractivity contribution in [3.63, 3.8) is 0 Å². The summed E-state index contributed by atoms with van der Waals surface area (Å²) in [5.74, 6) is -0.443. The van der Waals surface area contributed by atoms with Gasteiger partial charge in [-0.15, -0.1) is 0 Å². The second-order valence-corrected chi connectivity index (χ2v) is 5.90. The molecular weight excluding hydrogens is 332 g/mol. The fourth-order valence-corrected chi connectivity index (χ4v) is 3.21. The van der Waals surface area contributed by atoms with Crippen molar-refractivity contribution in [1.82, 2.24) is 20.2 Å². The van der Waals surface area contributed by atoms with Gasteiger partial charge in [0.15, 0.2) is 5.69 Å². The molecule has 4 aromatic rings. The molecule has 0 amide bonds. The van der Waals surface area contributed by atoms with E-state index < -0.39 is 5.97 Å². The average Bonchev–Trinajstić information content (AvgIpc) is 3.29. The number of methoxy groups -OCH3 is 1. The minimum absolute atomic E-state index is 0.265. The minimum atomic E-state index is -0.443. The van der Waals surface area contributed by atoms with Gasteiger partial charge in [-0.1, -0.05) is 6.07 Å². The quantitative estimate of drug-likeness (QED) is 0.538. The van der Waals surface area contributed by atoms with Crippen LogP contribution in [0.4, 0.5) is 0 Å². The third-order valence-electron chi connectivity index (χ3n) is 4.33. The largest absolute Gasteiger partial charge is 0.461 e. The number of carbonyl (C=O) groups is 1. The molecule has 132 valence electrons. The van der Waals surface area contributed by atoms with Crippen LogP contribution >= 0.6 is 0 Å². The second-order valence-electron chi connectivity index (χ2n) is 5.90. The number of aromatic nitrogens is 4. The van der Waals surface area contributed by atoms with Crippen molar-refractivity contribution in [2.24, 2.45) is 0 Å². The fourth-order valence-electron chi connectivity index (χ4n) is 3.21. The lowest BCUT2D eigenvalue weighted by atomic mass is 10.0. The molecule has 0 atom stereocenters. The molecule has 2 N–H and O–H groups in total. The van der Waals surface area contributed by atoms with Crippen molar-refractivity contribution < 1.29 is 14.3 Å². The van der Waals surface area contributed by atoms with E-state index in [-0.39, 0.29) is 12.3 Å². The number of nitrogens with zero attached hydrogens (tertiary/aromatic N) is 2. The molecule has 0 aliphatic carbocycles. The number of hydrogen-bond acceptors (Lipinski definition) is 5. The summed E-state index contributed by atoms with van der Waals surface area (Å²) >= 11 is 0. The zero-order valence-corrected chi connectivity index (χ0v) is 14.5. The summed E-state index contributed by atoms with van der Waals surface area (Å²) in [6.07, 6.45) is 5.29. The van der Waals surface area contributed by atoms with Crippen LogP contribution in [-0.2, 0) is 16.1 Å². The van der Waals surface area contributed by atoms with Gasteiger partial charge in [0.1, 0.15) is 0 Å². The molecular formula is C19H18N4O3. The Kier molecular flexibility index (Phi) is 4.14. The Hall–Kier alpha value is -3.19. The number of carbonyl (C=O) groups excluding carboxylic acids is 1. The molecule has 3 heterocycles. The van der Waals surface area contributed by atoms with Gasteiger partial charge in [0.05, 0.1) is 31.1 Å². The van der Waals surface area contributed by atoms with Crippen molar-refractivity contribution in [2.75, 3.05) is 13.7 Å². The zero-order chi connectivity index (χ0) is 18.1. The lowest BCUT2D eigenvalue weighted by Gasteiger charge is -2.09. The van der Waals surface area contributed by atoms with E-state index in [0.29, 0.717) is 6.61 Å². The first-order chi connectivity index (χ1) is 12.7. The highest BCUT2D eigenvalue weighted by atomic mass is 16.5. The molecule has 7 heteroatoms. The van der Waals surface area contributed by atoms with Gasteiger partial charge in [0.25, 0.3) is 0 Å². The zero-order valence-electron chi connectivity index (χ0n) is 14.5. The molecule has 3 aromatic heterocycles. The Bertz CT molecular complexity index is 1080. The van der Waals surface area contributed by atoms with Gasteiger partial charge in [0.2, 0.25) is 0 Å². The highest BCUT2D eigenvalue weighted by Gasteiger charge is 2.20. The fraction of sp³-hybridized carbons (Fsp3) is 0.211. The number of hydrogen-bond donors (Lipinski definition) is 2. The van der Waals surface area contributed by atoms with E-state index in [1.165, 1.54) is 0 Å². The maximum atomic E-state index is 12.3. The van der Waals surface area contributed by atoms with E-state index in [4.69, 9.17) is 9.47 Å². The molecule has 0 radical (unpaired) electrons. The molecule has 0 spiro atoms. The van der Waals surface area contributed by atoms with E-state index in [0.717, 1.165) is 38.5 Å². The van der Waals surface area contributed by atoms with E-state index in [1.807, 2.05) is 18.3 Å². The van der Waals surface area contributed by atoms with Crippen LogP contribution in [0.5, 0.6) is 0 Å². The van der Waals surface area contributed by atoms with E-state index in [9.17, 15) is 4.79 Å². The van der Waals surface area contributed by atoms with Crippen molar-refractivity contribution in [3.05, 3.63) is 48.0 Å². The molecule has 1 aromatic carbocycles. The van der Waals surface area contributed by atoms with Gasteiger partial charge < -0.3 is 14.5 Å². The first kappa shape index (κ1) is 16.3. The highest BCUT2D eigenvalue weighted by molar-refractivity contribution is 6.12. The summed E-state index contributed by atoms with van der Waals surface area (Å²) in [7, 11) is 1.60. The third kappa shape index (κ3) is 2.62. The number of benzene rings is 1. The Morgan fingerprint density at radius 1 is 1.19 bits per heavy atom.